The first-order chi connectivity index (χ1) is 13.0. The maximum atomic E-state index is 13.6. The second-order valence-corrected chi connectivity index (χ2v) is 6.35. The van der Waals surface area contributed by atoms with Gasteiger partial charge in [-0.15, -0.1) is 0 Å². The van der Waals surface area contributed by atoms with Gasteiger partial charge in [0.25, 0.3) is 5.91 Å². The molecule has 1 N–H and O–H groups in total. The minimum Gasteiger partial charge on any atom is -0.370 e. The van der Waals surface area contributed by atoms with Gasteiger partial charge in [0.2, 0.25) is 5.91 Å². The number of halogens is 1. The molecule has 1 fully saturated rings. The van der Waals surface area contributed by atoms with Crippen LogP contribution in [0.1, 0.15) is 23.0 Å². The Kier molecular flexibility index (Phi) is 5.95. The number of anilines is 1. The maximum Gasteiger partial charge on any atom is 0.272 e. The van der Waals surface area contributed by atoms with Crippen molar-refractivity contribution in [2.45, 2.75) is 13.3 Å². The molecular weight excluding hydrogens is 349 g/mol. The number of benzene rings is 1. The minimum absolute atomic E-state index is 0.0190. The number of rotatable bonds is 5. The van der Waals surface area contributed by atoms with Gasteiger partial charge in [0.1, 0.15) is 23.7 Å². The molecule has 1 aliphatic rings. The van der Waals surface area contributed by atoms with Crippen LogP contribution in [-0.4, -0.2) is 64.3 Å². The molecule has 0 saturated carbocycles. The lowest BCUT2D eigenvalue weighted by molar-refractivity contribution is -0.130. The van der Waals surface area contributed by atoms with E-state index in [1.807, 2.05) is 0 Å². The molecule has 1 aliphatic heterocycles. The lowest BCUT2D eigenvalue weighted by Crippen LogP contribution is -2.50. The molecule has 2 amide bonds. The van der Waals surface area contributed by atoms with Crippen molar-refractivity contribution in [1.29, 1.82) is 0 Å². The minimum atomic E-state index is -0.234. The van der Waals surface area contributed by atoms with Gasteiger partial charge in [0.15, 0.2) is 0 Å². The second kappa shape index (κ2) is 8.57. The summed E-state index contributed by atoms with van der Waals surface area (Å²) in [7, 11) is 0. The SMILES string of the molecule is CC(=O)N1CCN(C(=O)c2cc(NCCc3ccccc3F)ncn2)CC1. The average molecular weight is 371 g/mol. The van der Waals surface area contributed by atoms with E-state index in [0.29, 0.717) is 56.2 Å². The topological polar surface area (TPSA) is 78.4 Å². The van der Waals surface area contributed by atoms with Gasteiger partial charge in [0, 0.05) is 45.7 Å². The molecule has 1 saturated heterocycles. The van der Waals surface area contributed by atoms with Gasteiger partial charge in [-0.1, -0.05) is 18.2 Å². The molecule has 27 heavy (non-hydrogen) atoms. The van der Waals surface area contributed by atoms with Crippen molar-refractivity contribution in [2.75, 3.05) is 38.0 Å². The molecule has 0 bridgehead atoms. The zero-order valence-corrected chi connectivity index (χ0v) is 15.2. The number of carbonyl (C=O) groups excluding carboxylic acids is 2. The normalized spacial score (nSPS) is 14.1. The van der Waals surface area contributed by atoms with Crippen LogP contribution in [0.5, 0.6) is 0 Å². The first-order valence-electron chi connectivity index (χ1n) is 8.88. The van der Waals surface area contributed by atoms with Crippen LogP contribution in [0.2, 0.25) is 0 Å². The van der Waals surface area contributed by atoms with E-state index in [1.54, 1.807) is 34.1 Å². The van der Waals surface area contributed by atoms with Gasteiger partial charge < -0.3 is 15.1 Å². The number of nitrogens with zero attached hydrogens (tertiary/aromatic N) is 4. The van der Waals surface area contributed by atoms with Crippen LogP contribution in [-0.2, 0) is 11.2 Å². The lowest BCUT2D eigenvalue weighted by atomic mass is 10.1. The molecule has 2 heterocycles. The summed E-state index contributed by atoms with van der Waals surface area (Å²) in [6, 6.07) is 8.23. The number of hydrogen-bond donors (Lipinski definition) is 1. The van der Waals surface area contributed by atoms with Crippen LogP contribution >= 0.6 is 0 Å². The highest BCUT2D eigenvalue weighted by Gasteiger charge is 2.24. The lowest BCUT2D eigenvalue weighted by Gasteiger charge is -2.34. The summed E-state index contributed by atoms with van der Waals surface area (Å²) in [4.78, 5) is 35.6. The van der Waals surface area contributed by atoms with E-state index < -0.39 is 0 Å². The Hall–Kier alpha value is -3.03. The largest absolute Gasteiger partial charge is 0.370 e. The molecule has 0 atom stereocenters. The molecule has 0 spiro atoms. The van der Waals surface area contributed by atoms with E-state index in [0.717, 1.165) is 0 Å². The summed E-state index contributed by atoms with van der Waals surface area (Å²) >= 11 is 0. The Balaban J connectivity index is 1.56. The monoisotopic (exact) mass is 371 g/mol. The molecule has 2 aromatic rings. The fourth-order valence-electron chi connectivity index (χ4n) is 2.98. The first kappa shape index (κ1) is 18.8. The van der Waals surface area contributed by atoms with E-state index in [1.165, 1.54) is 19.3 Å². The van der Waals surface area contributed by atoms with Crippen molar-refractivity contribution in [2.24, 2.45) is 0 Å². The van der Waals surface area contributed by atoms with Crippen LogP contribution in [0.15, 0.2) is 36.7 Å². The van der Waals surface area contributed by atoms with E-state index >= 15 is 0 Å². The van der Waals surface area contributed by atoms with E-state index in [9.17, 15) is 14.0 Å². The fourth-order valence-corrected chi connectivity index (χ4v) is 2.98. The fraction of sp³-hybridized carbons (Fsp3) is 0.368. The highest BCUT2D eigenvalue weighted by atomic mass is 19.1. The number of nitrogens with one attached hydrogen (secondary N) is 1. The van der Waals surface area contributed by atoms with Crippen LogP contribution in [0.25, 0.3) is 0 Å². The summed E-state index contributed by atoms with van der Waals surface area (Å²) in [5.41, 5.74) is 0.924. The number of carbonyl (C=O) groups is 2. The molecule has 1 aromatic carbocycles. The molecule has 3 rings (SSSR count). The average Bonchev–Trinajstić information content (AvgIpc) is 2.69. The molecular formula is C19H22FN5O2. The Morgan fingerprint density at radius 3 is 2.52 bits per heavy atom. The molecule has 0 unspecified atom stereocenters. The van der Waals surface area contributed by atoms with Gasteiger partial charge in [-0.2, -0.15) is 0 Å². The summed E-state index contributed by atoms with van der Waals surface area (Å²) in [6.07, 6.45) is 1.84. The number of hydrogen-bond acceptors (Lipinski definition) is 5. The molecule has 0 aliphatic carbocycles. The van der Waals surface area contributed by atoms with E-state index in [4.69, 9.17) is 0 Å². The number of aromatic nitrogens is 2. The van der Waals surface area contributed by atoms with E-state index in [2.05, 4.69) is 15.3 Å². The Bertz CT molecular complexity index is 821. The molecule has 8 heteroatoms. The second-order valence-electron chi connectivity index (χ2n) is 6.35. The van der Waals surface area contributed by atoms with Gasteiger partial charge in [-0.3, -0.25) is 9.59 Å². The highest BCUT2D eigenvalue weighted by Crippen LogP contribution is 2.11. The summed E-state index contributed by atoms with van der Waals surface area (Å²) in [5.74, 6) is 0.123. The summed E-state index contributed by atoms with van der Waals surface area (Å²) in [6.45, 7) is 4.04. The van der Waals surface area contributed by atoms with Crippen LogP contribution < -0.4 is 5.32 Å². The third kappa shape index (κ3) is 4.78. The standard InChI is InChI=1S/C19H22FN5O2/c1-14(26)24-8-10-25(11-9-24)19(27)17-12-18(23-13-22-17)21-7-6-15-4-2-3-5-16(15)20/h2-5,12-13H,6-11H2,1H3,(H,21,22,23). The molecule has 0 radical (unpaired) electrons. The Morgan fingerprint density at radius 1 is 1.11 bits per heavy atom. The maximum absolute atomic E-state index is 13.6. The highest BCUT2D eigenvalue weighted by molar-refractivity contribution is 5.93. The quantitative estimate of drug-likeness (QED) is 0.863. The number of amides is 2. The number of piperazine rings is 1. The summed E-state index contributed by atoms with van der Waals surface area (Å²) in [5, 5.41) is 3.10. The van der Waals surface area contributed by atoms with Gasteiger partial charge in [-0.05, 0) is 18.1 Å². The predicted octanol–water partition coefficient (Wildman–Crippen LogP) is 1.57. The van der Waals surface area contributed by atoms with Crippen molar-refractivity contribution in [1.82, 2.24) is 19.8 Å². The predicted molar refractivity (Wildman–Crippen MR) is 98.8 cm³/mol. The van der Waals surface area contributed by atoms with Crippen molar-refractivity contribution in [3.63, 3.8) is 0 Å². The van der Waals surface area contributed by atoms with Crippen molar-refractivity contribution < 1.29 is 14.0 Å². The first-order valence-corrected chi connectivity index (χ1v) is 8.88. The molecule has 1 aromatic heterocycles. The van der Waals surface area contributed by atoms with Crippen molar-refractivity contribution in [3.05, 3.63) is 53.7 Å². The third-order valence-electron chi connectivity index (χ3n) is 4.56. The van der Waals surface area contributed by atoms with Crippen LogP contribution in [0.3, 0.4) is 0 Å². The van der Waals surface area contributed by atoms with Gasteiger partial charge in [-0.25, -0.2) is 14.4 Å². The van der Waals surface area contributed by atoms with Gasteiger partial charge >= 0.3 is 0 Å². The van der Waals surface area contributed by atoms with Crippen molar-refractivity contribution >= 4 is 17.6 Å². The smallest absolute Gasteiger partial charge is 0.272 e. The van der Waals surface area contributed by atoms with E-state index in [-0.39, 0.29) is 17.6 Å². The van der Waals surface area contributed by atoms with Crippen molar-refractivity contribution in [3.8, 4) is 0 Å². The zero-order chi connectivity index (χ0) is 19.2. The summed E-state index contributed by atoms with van der Waals surface area (Å²) < 4.78 is 13.6. The third-order valence-corrected chi connectivity index (χ3v) is 4.56. The molecule has 7 nitrogen and oxygen atoms in total. The van der Waals surface area contributed by atoms with Crippen LogP contribution in [0, 0.1) is 5.82 Å². The zero-order valence-electron chi connectivity index (χ0n) is 15.2. The Labute approximate surface area is 157 Å². The van der Waals surface area contributed by atoms with Crippen LogP contribution in [0.4, 0.5) is 10.2 Å². The Morgan fingerprint density at radius 2 is 1.81 bits per heavy atom. The molecule has 142 valence electrons. The van der Waals surface area contributed by atoms with Gasteiger partial charge in [0.05, 0.1) is 0 Å².